The number of hydrogen-bond acceptors (Lipinski definition) is 4. The van der Waals surface area contributed by atoms with Crippen LogP contribution in [0.1, 0.15) is 22.8 Å². The zero-order valence-corrected chi connectivity index (χ0v) is 11.2. The molecule has 0 atom stereocenters. The lowest BCUT2D eigenvalue weighted by molar-refractivity contribution is -0.142. The van der Waals surface area contributed by atoms with E-state index >= 15 is 0 Å². The third-order valence-electron chi connectivity index (χ3n) is 2.16. The number of carbonyl (C=O) groups is 2. The van der Waals surface area contributed by atoms with Gasteiger partial charge in [0.15, 0.2) is 0 Å². The lowest BCUT2D eigenvalue weighted by Crippen LogP contribution is -2.09. The normalized spacial score (nSPS) is 9.82. The number of hydrogen-bond donors (Lipinski definition) is 0. The van der Waals surface area contributed by atoms with Gasteiger partial charge in [-0.3, -0.25) is 9.59 Å². The van der Waals surface area contributed by atoms with Crippen molar-refractivity contribution < 1.29 is 19.1 Å². The highest BCUT2D eigenvalue weighted by molar-refractivity contribution is 9.10. The van der Waals surface area contributed by atoms with Crippen LogP contribution >= 0.6 is 15.9 Å². The van der Waals surface area contributed by atoms with E-state index in [4.69, 9.17) is 9.47 Å². The predicted molar refractivity (Wildman–Crippen MR) is 66.4 cm³/mol. The van der Waals surface area contributed by atoms with Crippen molar-refractivity contribution in [3.8, 4) is 5.75 Å². The van der Waals surface area contributed by atoms with Crippen LogP contribution in [-0.2, 0) is 16.0 Å². The lowest BCUT2D eigenvalue weighted by Gasteiger charge is -2.11. The number of carbonyl (C=O) groups excluding carboxylic acids is 2. The molecule has 5 heteroatoms. The summed E-state index contributed by atoms with van der Waals surface area (Å²) in [5, 5.41) is 0. The molecule has 1 aromatic carbocycles. The standard InChI is InChI=1S/C12H13BrO4/c1-3-17-12(15)6-9-10(13)4-8(7-14)5-11(9)16-2/h4-5,7H,3,6H2,1-2H3. The Morgan fingerprint density at radius 1 is 1.47 bits per heavy atom. The number of rotatable bonds is 5. The Bertz CT molecular complexity index is 429. The molecule has 0 amide bonds. The van der Waals surface area contributed by atoms with Crippen LogP contribution in [0.3, 0.4) is 0 Å². The van der Waals surface area contributed by atoms with Crippen LogP contribution in [0.2, 0.25) is 0 Å². The van der Waals surface area contributed by atoms with Gasteiger partial charge in [0, 0.05) is 15.6 Å². The predicted octanol–water partition coefficient (Wildman–Crippen LogP) is 2.38. The minimum absolute atomic E-state index is 0.108. The van der Waals surface area contributed by atoms with Gasteiger partial charge in [-0.25, -0.2) is 0 Å². The molecule has 0 aliphatic rings. The Morgan fingerprint density at radius 3 is 2.71 bits per heavy atom. The van der Waals surface area contributed by atoms with Crippen LogP contribution in [0.25, 0.3) is 0 Å². The first-order valence-electron chi connectivity index (χ1n) is 5.09. The number of aldehydes is 1. The second-order valence-corrected chi connectivity index (χ2v) is 4.14. The van der Waals surface area contributed by atoms with E-state index in [-0.39, 0.29) is 12.4 Å². The Morgan fingerprint density at radius 2 is 2.18 bits per heavy atom. The molecule has 0 saturated heterocycles. The van der Waals surface area contributed by atoms with E-state index in [0.717, 1.165) is 6.29 Å². The Labute approximate surface area is 108 Å². The van der Waals surface area contributed by atoms with Crippen LogP contribution < -0.4 is 4.74 Å². The van der Waals surface area contributed by atoms with Gasteiger partial charge in [-0.05, 0) is 19.1 Å². The molecule has 4 nitrogen and oxygen atoms in total. The minimum Gasteiger partial charge on any atom is -0.496 e. The first-order valence-corrected chi connectivity index (χ1v) is 5.88. The third kappa shape index (κ3) is 3.56. The average Bonchev–Trinajstić information content (AvgIpc) is 2.31. The molecular formula is C12H13BrO4. The van der Waals surface area contributed by atoms with Gasteiger partial charge in [0.05, 0.1) is 20.1 Å². The number of ether oxygens (including phenoxy) is 2. The SMILES string of the molecule is CCOC(=O)Cc1c(Br)cc(C=O)cc1OC. The molecule has 0 bridgehead atoms. The molecule has 0 unspecified atom stereocenters. The molecule has 0 aliphatic heterocycles. The summed E-state index contributed by atoms with van der Waals surface area (Å²) in [6.45, 7) is 2.09. The van der Waals surface area contributed by atoms with Crippen molar-refractivity contribution in [3.63, 3.8) is 0 Å². The summed E-state index contributed by atoms with van der Waals surface area (Å²) in [7, 11) is 1.49. The van der Waals surface area contributed by atoms with Crippen LogP contribution in [0, 0.1) is 0 Å². The number of methoxy groups -OCH3 is 1. The molecule has 92 valence electrons. The van der Waals surface area contributed by atoms with Crippen molar-refractivity contribution in [2.24, 2.45) is 0 Å². The highest BCUT2D eigenvalue weighted by Crippen LogP contribution is 2.29. The van der Waals surface area contributed by atoms with Gasteiger partial charge in [0.2, 0.25) is 0 Å². The fraction of sp³-hybridized carbons (Fsp3) is 0.333. The van der Waals surface area contributed by atoms with Gasteiger partial charge in [-0.2, -0.15) is 0 Å². The highest BCUT2D eigenvalue weighted by Gasteiger charge is 2.14. The summed E-state index contributed by atoms with van der Waals surface area (Å²) < 4.78 is 10.7. The van der Waals surface area contributed by atoms with Crippen molar-refractivity contribution in [2.45, 2.75) is 13.3 Å². The van der Waals surface area contributed by atoms with E-state index < -0.39 is 0 Å². The molecule has 0 aliphatic carbocycles. The second-order valence-electron chi connectivity index (χ2n) is 3.28. The monoisotopic (exact) mass is 300 g/mol. The zero-order chi connectivity index (χ0) is 12.8. The van der Waals surface area contributed by atoms with Gasteiger partial charge in [0.1, 0.15) is 12.0 Å². The molecule has 0 fully saturated rings. The van der Waals surface area contributed by atoms with Crippen LogP contribution in [0.5, 0.6) is 5.75 Å². The fourth-order valence-electron chi connectivity index (χ4n) is 1.41. The molecule has 1 aromatic rings. The van der Waals surface area contributed by atoms with E-state index in [9.17, 15) is 9.59 Å². The van der Waals surface area contributed by atoms with E-state index in [1.54, 1.807) is 19.1 Å². The summed E-state index contributed by atoms with van der Waals surface area (Å²) in [6, 6.07) is 3.23. The van der Waals surface area contributed by atoms with E-state index in [1.807, 2.05) is 0 Å². The van der Waals surface area contributed by atoms with Crippen molar-refractivity contribution in [3.05, 3.63) is 27.7 Å². The summed E-state index contributed by atoms with van der Waals surface area (Å²) in [5.41, 5.74) is 1.16. The molecule has 0 saturated carbocycles. The quantitative estimate of drug-likeness (QED) is 0.619. The van der Waals surface area contributed by atoms with Crippen molar-refractivity contribution in [2.75, 3.05) is 13.7 Å². The molecule has 0 radical (unpaired) electrons. The van der Waals surface area contributed by atoms with Gasteiger partial charge >= 0.3 is 5.97 Å². The first kappa shape index (κ1) is 13.7. The summed E-state index contributed by atoms with van der Waals surface area (Å²) in [6.07, 6.45) is 0.832. The maximum atomic E-state index is 11.4. The summed E-state index contributed by atoms with van der Waals surface area (Å²) in [5.74, 6) is 0.167. The topological polar surface area (TPSA) is 52.6 Å². The molecule has 0 aromatic heterocycles. The summed E-state index contributed by atoms with van der Waals surface area (Å²) in [4.78, 5) is 22.1. The first-order chi connectivity index (χ1) is 8.12. The van der Waals surface area contributed by atoms with E-state index in [0.29, 0.717) is 28.0 Å². The molecule has 1 rings (SSSR count). The maximum Gasteiger partial charge on any atom is 0.310 e. The number of esters is 1. The Hall–Kier alpha value is -1.36. The largest absolute Gasteiger partial charge is 0.496 e. The van der Waals surface area contributed by atoms with Crippen LogP contribution in [0.15, 0.2) is 16.6 Å². The second kappa shape index (κ2) is 6.39. The Balaban J connectivity index is 3.05. The zero-order valence-electron chi connectivity index (χ0n) is 9.66. The number of benzene rings is 1. The molecule has 0 heterocycles. The minimum atomic E-state index is -0.328. The van der Waals surface area contributed by atoms with Crippen molar-refractivity contribution >= 4 is 28.2 Å². The maximum absolute atomic E-state index is 11.4. The molecule has 0 spiro atoms. The number of halogens is 1. The molecule has 0 N–H and O–H groups in total. The van der Waals surface area contributed by atoms with Crippen molar-refractivity contribution in [1.29, 1.82) is 0 Å². The van der Waals surface area contributed by atoms with Crippen LogP contribution in [0.4, 0.5) is 0 Å². The lowest BCUT2D eigenvalue weighted by atomic mass is 10.1. The van der Waals surface area contributed by atoms with Gasteiger partial charge in [-0.15, -0.1) is 0 Å². The average molecular weight is 301 g/mol. The Kier molecular flexibility index (Phi) is 5.15. The smallest absolute Gasteiger partial charge is 0.310 e. The van der Waals surface area contributed by atoms with Crippen LogP contribution in [-0.4, -0.2) is 26.0 Å². The molecular weight excluding hydrogens is 288 g/mol. The van der Waals surface area contributed by atoms with Crippen molar-refractivity contribution in [1.82, 2.24) is 0 Å². The van der Waals surface area contributed by atoms with Gasteiger partial charge < -0.3 is 9.47 Å². The van der Waals surface area contributed by atoms with Gasteiger partial charge in [0.25, 0.3) is 0 Å². The van der Waals surface area contributed by atoms with E-state index in [2.05, 4.69) is 15.9 Å². The van der Waals surface area contributed by atoms with Gasteiger partial charge in [-0.1, -0.05) is 15.9 Å². The van der Waals surface area contributed by atoms with E-state index in [1.165, 1.54) is 7.11 Å². The molecule has 17 heavy (non-hydrogen) atoms. The third-order valence-corrected chi connectivity index (χ3v) is 2.87. The summed E-state index contributed by atoms with van der Waals surface area (Å²) >= 11 is 3.31. The highest BCUT2D eigenvalue weighted by atomic mass is 79.9. The fourth-order valence-corrected chi connectivity index (χ4v) is 2.01.